The van der Waals surface area contributed by atoms with Crippen LogP contribution in [0.1, 0.15) is 0 Å². The summed E-state index contributed by atoms with van der Waals surface area (Å²) < 4.78 is 18.5. The molecule has 0 radical (unpaired) electrons. The highest BCUT2D eigenvalue weighted by molar-refractivity contribution is 6.31. The van der Waals surface area contributed by atoms with Gasteiger partial charge in [0, 0.05) is 38.1 Å². The molecule has 0 aliphatic carbocycles. The zero-order valence-electron chi connectivity index (χ0n) is 13.1. The summed E-state index contributed by atoms with van der Waals surface area (Å²) in [7, 11) is 0. The van der Waals surface area contributed by atoms with E-state index >= 15 is 0 Å². The molecule has 2 aromatic rings. The highest BCUT2D eigenvalue weighted by Crippen LogP contribution is 2.22. The van der Waals surface area contributed by atoms with Gasteiger partial charge < -0.3 is 15.4 Å². The van der Waals surface area contributed by atoms with Gasteiger partial charge in [-0.25, -0.2) is 9.37 Å². The van der Waals surface area contributed by atoms with E-state index in [0.717, 1.165) is 39.4 Å². The summed E-state index contributed by atoms with van der Waals surface area (Å²) in [6.45, 7) is 5.15. The van der Waals surface area contributed by atoms with Gasteiger partial charge in [-0.3, -0.25) is 4.90 Å². The molecule has 1 fully saturated rings. The third-order valence-corrected chi connectivity index (χ3v) is 3.95. The number of benzene rings is 1. The molecule has 1 aliphatic heterocycles. The Balaban J connectivity index is 1.54. The zero-order valence-corrected chi connectivity index (χ0v) is 13.9. The van der Waals surface area contributed by atoms with Gasteiger partial charge in [-0.15, -0.1) is 0 Å². The summed E-state index contributed by atoms with van der Waals surface area (Å²) in [6.07, 6.45) is 1.66. The molecule has 1 aromatic carbocycles. The molecule has 3 rings (SSSR count). The minimum Gasteiger partial charge on any atom is -0.379 e. The van der Waals surface area contributed by atoms with Gasteiger partial charge in [-0.05, 0) is 24.3 Å². The Labute approximate surface area is 145 Å². The molecule has 0 unspecified atom stereocenters. The highest BCUT2D eigenvalue weighted by Gasteiger charge is 2.09. The van der Waals surface area contributed by atoms with Crippen LogP contribution < -0.4 is 10.6 Å². The van der Waals surface area contributed by atoms with Crippen molar-refractivity contribution in [2.75, 3.05) is 50.0 Å². The van der Waals surface area contributed by atoms with Gasteiger partial charge in [0.25, 0.3) is 0 Å². The fourth-order valence-electron chi connectivity index (χ4n) is 2.39. The van der Waals surface area contributed by atoms with Crippen molar-refractivity contribution >= 4 is 29.1 Å². The van der Waals surface area contributed by atoms with Crippen LogP contribution in [-0.2, 0) is 4.74 Å². The second-order valence-corrected chi connectivity index (χ2v) is 5.81. The topological polar surface area (TPSA) is 62.3 Å². The lowest BCUT2D eigenvalue weighted by Gasteiger charge is -2.26. The van der Waals surface area contributed by atoms with Crippen molar-refractivity contribution < 1.29 is 9.13 Å². The summed E-state index contributed by atoms with van der Waals surface area (Å²) in [5.41, 5.74) is 0.666. The number of hydrogen-bond donors (Lipinski definition) is 2. The summed E-state index contributed by atoms with van der Waals surface area (Å²) >= 11 is 5.78. The molecule has 128 valence electrons. The Morgan fingerprint density at radius 3 is 2.88 bits per heavy atom. The maximum absolute atomic E-state index is 13.2. The van der Waals surface area contributed by atoms with E-state index in [1.54, 1.807) is 18.3 Å². The average molecular weight is 352 g/mol. The first-order valence-corrected chi connectivity index (χ1v) is 8.17. The molecule has 1 aliphatic rings. The molecular weight excluding hydrogens is 333 g/mol. The third kappa shape index (κ3) is 4.77. The summed E-state index contributed by atoms with van der Waals surface area (Å²) in [5.74, 6) is 0.707. The molecular formula is C16H19ClFN5O. The van der Waals surface area contributed by atoms with Crippen molar-refractivity contribution in [3.8, 4) is 0 Å². The van der Waals surface area contributed by atoms with Crippen LogP contribution in [0.15, 0.2) is 30.5 Å². The smallest absolute Gasteiger partial charge is 0.224 e. The fourth-order valence-corrected chi connectivity index (χ4v) is 2.57. The third-order valence-electron chi connectivity index (χ3n) is 3.66. The van der Waals surface area contributed by atoms with Crippen molar-refractivity contribution in [1.82, 2.24) is 14.9 Å². The lowest BCUT2D eigenvalue weighted by molar-refractivity contribution is 0.0398. The molecule has 0 amide bonds. The first-order valence-electron chi connectivity index (χ1n) is 7.80. The number of aromatic nitrogens is 2. The predicted molar refractivity (Wildman–Crippen MR) is 92.5 cm³/mol. The van der Waals surface area contributed by atoms with Crippen LogP contribution in [0.2, 0.25) is 5.02 Å². The lowest BCUT2D eigenvalue weighted by Crippen LogP contribution is -2.39. The van der Waals surface area contributed by atoms with Crippen molar-refractivity contribution in [3.05, 3.63) is 41.3 Å². The number of ether oxygens (including phenoxy) is 1. The largest absolute Gasteiger partial charge is 0.379 e. The SMILES string of the molecule is Fc1ccc(Nc2ccnc(NCCN3CCOCC3)n2)cc1Cl. The number of rotatable bonds is 6. The predicted octanol–water partition coefficient (Wildman–Crippen LogP) is 2.76. The quantitative estimate of drug-likeness (QED) is 0.834. The number of hydrogen-bond acceptors (Lipinski definition) is 6. The molecule has 0 saturated carbocycles. The monoisotopic (exact) mass is 351 g/mol. The molecule has 0 spiro atoms. The van der Waals surface area contributed by atoms with E-state index in [1.165, 1.54) is 12.1 Å². The number of anilines is 3. The Bertz CT molecular complexity index is 681. The van der Waals surface area contributed by atoms with Gasteiger partial charge in [0.2, 0.25) is 5.95 Å². The Hall–Kier alpha value is -1.96. The summed E-state index contributed by atoms with van der Waals surface area (Å²) in [5, 5.41) is 6.36. The van der Waals surface area contributed by atoms with Crippen LogP contribution in [0.3, 0.4) is 0 Å². The number of nitrogens with one attached hydrogen (secondary N) is 2. The van der Waals surface area contributed by atoms with Crippen molar-refractivity contribution in [1.29, 1.82) is 0 Å². The molecule has 1 aromatic heterocycles. The summed E-state index contributed by atoms with van der Waals surface area (Å²) in [4.78, 5) is 10.9. The van der Waals surface area contributed by atoms with Crippen LogP contribution in [0.25, 0.3) is 0 Å². The first-order chi connectivity index (χ1) is 11.7. The van der Waals surface area contributed by atoms with Crippen molar-refractivity contribution in [2.24, 2.45) is 0 Å². The number of morpholine rings is 1. The van der Waals surface area contributed by atoms with E-state index in [1.807, 2.05) is 0 Å². The summed E-state index contributed by atoms with van der Waals surface area (Å²) in [6, 6.07) is 6.18. The molecule has 8 heteroatoms. The maximum Gasteiger partial charge on any atom is 0.224 e. The standard InChI is InChI=1S/C16H19ClFN5O/c17-13-11-12(1-2-14(13)18)21-15-3-4-19-16(22-15)20-5-6-23-7-9-24-10-8-23/h1-4,11H,5-10H2,(H2,19,20,21,22). The Morgan fingerprint density at radius 2 is 2.08 bits per heavy atom. The van der Waals surface area contributed by atoms with Gasteiger partial charge in [0.05, 0.1) is 18.2 Å². The molecule has 2 N–H and O–H groups in total. The van der Waals surface area contributed by atoms with Crippen LogP contribution in [0, 0.1) is 5.82 Å². The lowest BCUT2D eigenvalue weighted by atomic mass is 10.3. The Morgan fingerprint density at radius 1 is 1.25 bits per heavy atom. The molecule has 24 heavy (non-hydrogen) atoms. The minimum absolute atomic E-state index is 0.0675. The molecule has 1 saturated heterocycles. The Kier molecular flexibility index (Phi) is 5.79. The second kappa shape index (κ2) is 8.23. The highest BCUT2D eigenvalue weighted by atomic mass is 35.5. The maximum atomic E-state index is 13.2. The fraction of sp³-hybridized carbons (Fsp3) is 0.375. The van der Waals surface area contributed by atoms with E-state index in [9.17, 15) is 4.39 Å². The van der Waals surface area contributed by atoms with E-state index in [0.29, 0.717) is 17.5 Å². The van der Waals surface area contributed by atoms with Crippen LogP contribution in [0.5, 0.6) is 0 Å². The van der Waals surface area contributed by atoms with Gasteiger partial charge in [-0.2, -0.15) is 4.98 Å². The molecule has 0 atom stereocenters. The van der Waals surface area contributed by atoms with Crippen LogP contribution in [-0.4, -0.2) is 54.3 Å². The van der Waals surface area contributed by atoms with Crippen molar-refractivity contribution in [3.63, 3.8) is 0 Å². The normalized spacial score (nSPS) is 15.2. The second-order valence-electron chi connectivity index (χ2n) is 5.40. The van der Waals surface area contributed by atoms with E-state index in [4.69, 9.17) is 16.3 Å². The van der Waals surface area contributed by atoms with Gasteiger partial charge in [0.1, 0.15) is 11.6 Å². The first kappa shape index (κ1) is 16.9. The average Bonchev–Trinajstić information content (AvgIpc) is 2.60. The zero-order chi connectivity index (χ0) is 16.8. The van der Waals surface area contributed by atoms with Crippen LogP contribution >= 0.6 is 11.6 Å². The molecule has 0 bridgehead atoms. The van der Waals surface area contributed by atoms with Gasteiger partial charge >= 0.3 is 0 Å². The van der Waals surface area contributed by atoms with E-state index < -0.39 is 5.82 Å². The molecule has 2 heterocycles. The minimum atomic E-state index is -0.449. The molecule has 6 nitrogen and oxygen atoms in total. The van der Waals surface area contributed by atoms with E-state index in [2.05, 4.69) is 25.5 Å². The van der Waals surface area contributed by atoms with Crippen LogP contribution in [0.4, 0.5) is 21.8 Å². The van der Waals surface area contributed by atoms with E-state index in [-0.39, 0.29) is 5.02 Å². The van der Waals surface area contributed by atoms with Gasteiger partial charge in [-0.1, -0.05) is 11.6 Å². The van der Waals surface area contributed by atoms with Crippen molar-refractivity contribution in [2.45, 2.75) is 0 Å². The number of nitrogens with zero attached hydrogens (tertiary/aromatic N) is 3. The number of halogens is 2. The van der Waals surface area contributed by atoms with Gasteiger partial charge in [0.15, 0.2) is 0 Å².